The van der Waals surface area contributed by atoms with Crippen LogP contribution in [0.3, 0.4) is 0 Å². The van der Waals surface area contributed by atoms with Crippen molar-refractivity contribution in [3.63, 3.8) is 0 Å². The quantitative estimate of drug-likeness (QED) is 0.784. The van der Waals surface area contributed by atoms with E-state index in [1.165, 1.54) is 6.33 Å². The van der Waals surface area contributed by atoms with E-state index in [0.29, 0.717) is 5.92 Å². The number of hydrogen-bond donors (Lipinski definition) is 0. The van der Waals surface area contributed by atoms with Gasteiger partial charge in [0.2, 0.25) is 0 Å². The third-order valence-corrected chi connectivity index (χ3v) is 4.58. The second-order valence-electron chi connectivity index (χ2n) is 5.55. The fourth-order valence-electron chi connectivity index (χ4n) is 2.81. The molecule has 0 aromatic carbocycles. The molecule has 2 rings (SSSR count). The Morgan fingerprint density at radius 3 is 2.71 bits per heavy atom. The molecular formula is C13H19N4+. The van der Waals surface area contributed by atoms with Crippen LogP contribution in [0.1, 0.15) is 33.6 Å². The normalized spacial score (nSPS) is 31.1. The second-order valence-corrected chi connectivity index (χ2v) is 5.55. The molecule has 0 aliphatic heterocycles. The van der Waals surface area contributed by atoms with Gasteiger partial charge in [0.15, 0.2) is 0 Å². The van der Waals surface area contributed by atoms with Crippen LogP contribution in [0.4, 0.5) is 0 Å². The highest BCUT2D eigenvalue weighted by Crippen LogP contribution is 2.55. The Morgan fingerprint density at radius 2 is 2.24 bits per heavy atom. The molecule has 1 aliphatic carbocycles. The van der Waals surface area contributed by atoms with Gasteiger partial charge in [0.1, 0.15) is 12.7 Å². The van der Waals surface area contributed by atoms with Crippen LogP contribution >= 0.6 is 0 Å². The molecule has 90 valence electrons. The summed E-state index contributed by atoms with van der Waals surface area (Å²) in [4.78, 5) is 8.06. The van der Waals surface area contributed by atoms with E-state index >= 15 is 0 Å². The standard InChI is InChI=1S/C13H19N4/c1-10(17-9-15-8-16-17)11-6-7-13(4,14-5)12(11,2)3/h5,8-9,11H,1,6-7H2,2-4H3/q+1. The van der Waals surface area contributed by atoms with Crippen molar-refractivity contribution < 1.29 is 0 Å². The molecule has 1 fully saturated rings. The predicted molar refractivity (Wildman–Crippen MR) is 68.6 cm³/mol. The van der Waals surface area contributed by atoms with Crippen molar-refractivity contribution in [1.82, 2.24) is 14.8 Å². The molecule has 1 heterocycles. The molecule has 0 spiro atoms. The zero-order chi connectivity index (χ0) is 12.7. The van der Waals surface area contributed by atoms with Crippen LogP contribution in [0.5, 0.6) is 0 Å². The minimum absolute atomic E-state index is 0.0230. The summed E-state index contributed by atoms with van der Waals surface area (Å²) in [5.41, 5.74) is 0.756. The Labute approximate surface area is 102 Å². The highest BCUT2D eigenvalue weighted by molar-refractivity contribution is 5.46. The smallest absolute Gasteiger partial charge is 0.225 e. The third-order valence-electron chi connectivity index (χ3n) is 4.58. The maximum Gasteiger partial charge on any atom is 0.283 e. The van der Waals surface area contributed by atoms with Crippen molar-refractivity contribution in [2.45, 2.75) is 39.2 Å². The first-order valence-corrected chi connectivity index (χ1v) is 5.88. The van der Waals surface area contributed by atoms with E-state index in [1.807, 2.05) is 0 Å². The maximum atomic E-state index is 5.59. The Morgan fingerprint density at radius 1 is 1.53 bits per heavy atom. The Hall–Kier alpha value is -1.63. The predicted octanol–water partition coefficient (Wildman–Crippen LogP) is 2.91. The van der Waals surface area contributed by atoms with Crippen molar-refractivity contribution in [2.75, 3.05) is 0 Å². The van der Waals surface area contributed by atoms with Crippen LogP contribution in [0.15, 0.2) is 19.2 Å². The molecule has 17 heavy (non-hydrogen) atoms. The summed E-state index contributed by atoms with van der Waals surface area (Å²) in [5, 5.41) is 4.14. The van der Waals surface area contributed by atoms with E-state index in [4.69, 9.17) is 6.57 Å². The number of allylic oxidation sites excluding steroid dienone is 1. The van der Waals surface area contributed by atoms with Crippen LogP contribution in [-0.4, -0.2) is 20.3 Å². The van der Waals surface area contributed by atoms with E-state index < -0.39 is 0 Å². The van der Waals surface area contributed by atoms with Crippen LogP contribution in [0, 0.1) is 17.9 Å². The van der Waals surface area contributed by atoms with Gasteiger partial charge in [-0.05, 0) is 6.42 Å². The minimum atomic E-state index is -0.193. The van der Waals surface area contributed by atoms with E-state index in [1.54, 1.807) is 11.0 Å². The number of nitrogens with zero attached hydrogens (tertiary/aromatic N) is 4. The summed E-state index contributed by atoms with van der Waals surface area (Å²) in [6.07, 6.45) is 5.23. The van der Waals surface area contributed by atoms with Crippen molar-refractivity contribution in [2.24, 2.45) is 11.3 Å². The van der Waals surface area contributed by atoms with Gasteiger partial charge in [0.25, 0.3) is 12.1 Å². The molecule has 4 nitrogen and oxygen atoms in total. The number of rotatable bonds is 2. The summed E-state index contributed by atoms with van der Waals surface area (Å²) in [6.45, 7) is 16.2. The third kappa shape index (κ3) is 1.57. The number of aromatic nitrogens is 3. The van der Waals surface area contributed by atoms with Gasteiger partial charge in [0, 0.05) is 25.0 Å². The van der Waals surface area contributed by atoms with Crippen LogP contribution in [0.2, 0.25) is 0 Å². The van der Waals surface area contributed by atoms with E-state index in [-0.39, 0.29) is 11.0 Å². The lowest BCUT2D eigenvalue weighted by atomic mass is 9.71. The first kappa shape index (κ1) is 11.8. The van der Waals surface area contributed by atoms with Crippen molar-refractivity contribution >= 4 is 5.70 Å². The molecule has 1 aromatic heterocycles. The van der Waals surface area contributed by atoms with E-state index in [9.17, 15) is 0 Å². The topological polar surface area (TPSA) is 35.1 Å². The molecule has 1 aromatic rings. The molecule has 0 saturated heterocycles. The lowest BCUT2D eigenvalue weighted by Crippen LogP contribution is -2.38. The highest BCUT2D eigenvalue weighted by Gasteiger charge is 2.60. The first-order valence-electron chi connectivity index (χ1n) is 5.88. The monoisotopic (exact) mass is 231 g/mol. The lowest BCUT2D eigenvalue weighted by Gasteiger charge is -2.31. The van der Waals surface area contributed by atoms with Gasteiger partial charge < -0.3 is 0 Å². The molecule has 2 unspecified atom stereocenters. The van der Waals surface area contributed by atoms with Crippen LogP contribution in [-0.2, 0) is 0 Å². The molecular weight excluding hydrogens is 212 g/mol. The van der Waals surface area contributed by atoms with Crippen molar-refractivity contribution in [3.05, 3.63) is 24.1 Å². The van der Waals surface area contributed by atoms with Crippen molar-refractivity contribution in [3.8, 4) is 6.57 Å². The summed E-state index contributed by atoms with van der Waals surface area (Å²) in [7, 11) is 0. The molecule has 1 saturated carbocycles. The van der Waals surface area contributed by atoms with Gasteiger partial charge in [0.05, 0.1) is 5.41 Å². The summed E-state index contributed by atoms with van der Waals surface area (Å²) in [5.74, 6) is 0.321. The molecule has 0 bridgehead atoms. The molecule has 2 atom stereocenters. The number of hydrogen-bond acceptors (Lipinski definition) is 2. The average molecular weight is 231 g/mol. The fourth-order valence-corrected chi connectivity index (χ4v) is 2.81. The van der Waals surface area contributed by atoms with Crippen LogP contribution < -0.4 is 0 Å². The highest BCUT2D eigenvalue weighted by atomic mass is 15.3. The Balaban J connectivity index is 2.32. The Kier molecular flexibility index (Phi) is 2.57. The summed E-state index contributed by atoms with van der Waals surface area (Å²) >= 11 is 0. The van der Waals surface area contributed by atoms with Gasteiger partial charge in [-0.3, -0.25) is 0 Å². The minimum Gasteiger partial charge on any atom is -0.225 e. The maximum absolute atomic E-state index is 5.59. The van der Waals surface area contributed by atoms with Crippen LogP contribution in [0.25, 0.3) is 10.5 Å². The Bertz CT molecular complexity index is 466. The average Bonchev–Trinajstić information content (AvgIpc) is 2.87. The SMILES string of the molecule is C#[N+]C1(C)CCC(C(=C)n2cncn2)C1(C)C. The van der Waals surface area contributed by atoms with Gasteiger partial charge in [-0.15, -0.1) is 0 Å². The molecule has 0 amide bonds. The first-order chi connectivity index (χ1) is 7.92. The molecule has 0 N–H and O–H groups in total. The zero-order valence-electron chi connectivity index (χ0n) is 10.7. The van der Waals surface area contributed by atoms with Crippen molar-refractivity contribution in [1.29, 1.82) is 0 Å². The van der Waals surface area contributed by atoms with E-state index in [0.717, 1.165) is 18.5 Å². The van der Waals surface area contributed by atoms with Gasteiger partial charge >= 0.3 is 0 Å². The lowest BCUT2D eigenvalue weighted by molar-refractivity contribution is 0.227. The zero-order valence-corrected chi connectivity index (χ0v) is 10.7. The van der Waals surface area contributed by atoms with E-state index in [2.05, 4.69) is 42.3 Å². The molecule has 1 aliphatic rings. The molecule has 0 radical (unpaired) electrons. The fraction of sp³-hybridized carbons (Fsp3) is 0.615. The molecule has 4 heteroatoms. The summed E-state index contributed by atoms with van der Waals surface area (Å²) in [6, 6.07) is 0. The van der Waals surface area contributed by atoms with Gasteiger partial charge in [-0.25, -0.2) is 9.67 Å². The second kappa shape index (κ2) is 3.69. The largest absolute Gasteiger partial charge is 0.283 e. The van der Waals surface area contributed by atoms with Gasteiger partial charge in [-0.2, -0.15) is 5.10 Å². The summed E-state index contributed by atoms with van der Waals surface area (Å²) < 4.78 is 1.74. The van der Waals surface area contributed by atoms with Gasteiger partial charge in [-0.1, -0.05) is 25.3 Å².